The highest BCUT2D eigenvalue weighted by molar-refractivity contribution is 5.66. The van der Waals surface area contributed by atoms with Crippen molar-refractivity contribution in [2.75, 3.05) is 6.61 Å². The second-order valence-corrected chi connectivity index (χ2v) is 5.14. The maximum absolute atomic E-state index is 5.62. The van der Waals surface area contributed by atoms with E-state index in [0.717, 1.165) is 12.3 Å². The Morgan fingerprint density at radius 2 is 1.73 bits per heavy atom. The maximum atomic E-state index is 5.62. The molecule has 0 bridgehead atoms. The molecule has 0 aliphatic carbocycles. The smallest absolute Gasteiger partial charge is 0.123 e. The van der Waals surface area contributed by atoms with Crippen molar-refractivity contribution in [1.82, 2.24) is 14.8 Å². The van der Waals surface area contributed by atoms with Gasteiger partial charge in [0.1, 0.15) is 12.7 Å². The highest BCUT2D eigenvalue weighted by atomic mass is 16.5. The largest absolute Gasteiger partial charge is 0.374 e. The molecule has 3 rings (SSSR count). The number of benzene rings is 2. The van der Waals surface area contributed by atoms with Crippen LogP contribution in [0.4, 0.5) is 0 Å². The summed E-state index contributed by atoms with van der Waals surface area (Å²) < 4.78 is 7.52. The van der Waals surface area contributed by atoms with Crippen LogP contribution in [0.2, 0.25) is 0 Å². The van der Waals surface area contributed by atoms with E-state index < -0.39 is 0 Å². The van der Waals surface area contributed by atoms with Crippen LogP contribution in [0.5, 0.6) is 0 Å². The predicted octanol–water partition coefficient (Wildman–Crippen LogP) is 4.03. The van der Waals surface area contributed by atoms with Crippen molar-refractivity contribution in [3.05, 3.63) is 66.7 Å². The van der Waals surface area contributed by atoms with Crippen LogP contribution in [0.3, 0.4) is 0 Å². The average Bonchev–Trinajstić information content (AvgIpc) is 3.10. The Hall–Kier alpha value is -2.46. The highest BCUT2D eigenvalue weighted by Crippen LogP contribution is 2.25. The molecule has 2 aromatic carbocycles. The molecule has 4 nitrogen and oxygen atoms in total. The Kier molecular flexibility index (Phi) is 4.30. The number of aromatic nitrogens is 3. The van der Waals surface area contributed by atoms with Crippen LogP contribution in [0.1, 0.15) is 25.5 Å². The van der Waals surface area contributed by atoms with Crippen LogP contribution in [-0.4, -0.2) is 21.4 Å². The molecular formula is C18H19N3O. The van der Waals surface area contributed by atoms with E-state index in [1.54, 1.807) is 12.7 Å². The molecule has 1 unspecified atom stereocenters. The monoisotopic (exact) mass is 293 g/mol. The number of hydrogen-bond donors (Lipinski definition) is 0. The minimum absolute atomic E-state index is 0.127. The number of ether oxygens (including phenoxy) is 1. The fourth-order valence-electron chi connectivity index (χ4n) is 2.47. The summed E-state index contributed by atoms with van der Waals surface area (Å²) in [6.07, 6.45) is 3.53. The van der Waals surface area contributed by atoms with Gasteiger partial charge in [-0.25, -0.2) is 0 Å². The molecule has 112 valence electrons. The third kappa shape index (κ3) is 3.07. The molecule has 0 radical (unpaired) electrons. The van der Waals surface area contributed by atoms with E-state index in [9.17, 15) is 0 Å². The van der Waals surface area contributed by atoms with Gasteiger partial charge in [-0.15, -0.1) is 10.2 Å². The van der Waals surface area contributed by atoms with Crippen molar-refractivity contribution in [3.63, 3.8) is 0 Å². The van der Waals surface area contributed by atoms with Gasteiger partial charge in [0.25, 0.3) is 0 Å². The molecule has 4 heteroatoms. The Balaban J connectivity index is 1.87. The summed E-state index contributed by atoms with van der Waals surface area (Å²) in [5.74, 6) is 0. The number of hydrogen-bond acceptors (Lipinski definition) is 3. The van der Waals surface area contributed by atoms with E-state index in [4.69, 9.17) is 4.74 Å². The Morgan fingerprint density at radius 1 is 1.00 bits per heavy atom. The number of rotatable bonds is 5. The fraction of sp³-hybridized carbons (Fsp3) is 0.222. The second-order valence-electron chi connectivity index (χ2n) is 5.14. The van der Waals surface area contributed by atoms with Gasteiger partial charge in [-0.1, -0.05) is 36.4 Å². The first kappa shape index (κ1) is 14.5. The number of nitrogens with zero attached hydrogens (tertiary/aromatic N) is 3. The lowest BCUT2D eigenvalue weighted by Gasteiger charge is -2.12. The molecule has 3 aromatic rings. The Bertz CT molecular complexity index is 720. The molecule has 0 aliphatic rings. The summed E-state index contributed by atoms with van der Waals surface area (Å²) in [5.41, 5.74) is 4.60. The summed E-state index contributed by atoms with van der Waals surface area (Å²) in [6, 6.07) is 16.8. The molecule has 0 fully saturated rings. The quantitative estimate of drug-likeness (QED) is 0.713. The molecule has 0 aliphatic heterocycles. The zero-order valence-corrected chi connectivity index (χ0v) is 12.8. The Labute approximate surface area is 130 Å². The molecule has 0 amide bonds. The van der Waals surface area contributed by atoms with E-state index in [0.29, 0.717) is 0 Å². The van der Waals surface area contributed by atoms with E-state index in [-0.39, 0.29) is 6.10 Å². The third-order valence-electron chi connectivity index (χ3n) is 3.69. The van der Waals surface area contributed by atoms with Gasteiger partial charge < -0.3 is 4.74 Å². The van der Waals surface area contributed by atoms with Crippen LogP contribution >= 0.6 is 0 Å². The van der Waals surface area contributed by atoms with Gasteiger partial charge in [0.15, 0.2) is 0 Å². The summed E-state index contributed by atoms with van der Waals surface area (Å²) in [4.78, 5) is 0. The molecule has 1 aromatic heterocycles. The highest BCUT2D eigenvalue weighted by Gasteiger charge is 2.06. The van der Waals surface area contributed by atoms with Gasteiger partial charge in [-0.05, 0) is 42.7 Å². The van der Waals surface area contributed by atoms with Crippen LogP contribution in [0.15, 0.2) is 61.2 Å². The lowest BCUT2D eigenvalue weighted by molar-refractivity contribution is 0.0764. The lowest BCUT2D eigenvalue weighted by Crippen LogP contribution is -1.99. The van der Waals surface area contributed by atoms with Gasteiger partial charge in [0, 0.05) is 12.3 Å². The molecule has 0 spiro atoms. The fourth-order valence-corrected chi connectivity index (χ4v) is 2.47. The average molecular weight is 293 g/mol. The predicted molar refractivity (Wildman–Crippen MR) is 86.8 cm³/mol. The van der Waals surface area contributed by atoms with Crippen molar-refractivity contribution < 1.29 is 4.74 Å². The van der Waals surface area contributed by atoms with Crippen molar-refractivity contribution in [2.24, 2.45) is 0 Å². The normalized spacial score (nSPS) is 12.3. The SMILES string of the molecule is CCOC(C)c1ccc(-c2cccc(-n3cnnc3)c2)cc1. The van der Waals surface area contributed by atoms with Crippen LogP contribution in [0.25, 0.3) is 16.8 Å². The zero-order chi connectivity index (χ0) is 15.4. The van der Waals surface area contributed by atoms with Crippen LogP contribution in [0, 0.1) is 0 Å². The summed E-state index contributed by atoms with van der Waals surface area (Å²) >= 11 is 0. The van der Waals surface area contributed by atoms with Crippen LogP contribution < -0.4 is 0 Å². The van der Waals surface area contributed by atoms with Crippen LogP contribution in [-0.2, 0) is 4.74 Å². The summed E-state index contributed by atoms with van der Waals surface area (Å²) in [6.45, 7) is 4.82. The van der Waals surface area contributed by atoms with Crippen molar-refractivity contribution in [2.45, 2.75) is 20.0 Å². The standard InChI is InChI=1S/C18H19N3O/c1-3-22-14(2)15-7-9-16(10-8-15)17-5-4-6-18(11-17)21-12-19-20-13-21/h4-14H,3H2,1-2H3. The minimum Gasteiger partial charge on any atom is -0.374 e. The summed E-state index contributed by atoms with van der Waals surface area (Å²) in [7, 11) is 0. The van der Waals surface area contributed by atoms with E-state index >= 15 is 0 Å². The zero-order valence-electron chi connectivity index (χ0n) is 12.8. The molecule has 1 heterocycles. The van der Waals surface area contributed by atoms with Gasteiger partial charge in [0.05, 0.1) is 6.10 Å². The maximum Gasteiger partial charge on any atom is 0.123 e. The van der Waals surface area contributed by atoms with Gasteiger partial charge in [-0.3, -0.25) is 4.57 Å². The molecule has 0 saturated heterocycles. The second kappa shape index (κ2) is 6.54. The molecular weight excluding hydrogens is 274 g/mol. The molecule has 22 heavy (non-hydrogen) atoms. The van der Waals surface area contributed by atoms with Crippen molar-refractivity contribution >= 4 is 0 Å². The van der Waals surface area contributed by atoms with Gasteiger partial charge in [-0.2, -0.15) is 0 Å². The van der Waals surface area contributed by atoms with Gasteiger partial charge >= 0.3 is 0 Å². The molecule has 0 N–H and O–H groups in total. The van der Waals surface area contributed by atoms with E-state index in [1.165, 1.54) is 16.7 Å². The molecule has 1 atom stereocenters. The summed E-state index contributed by atoms with van der Waals surface area (Å²) in [5, 5.41) is 7.70. The first-order chi connectivity index (χ1) is 10.8. The first-order valence-electron chi connectivity index (χ1n) is 7.45. The van der Waals surface area contributed by atoms with Crippen molar-refractivity contribution in [3.8, 4) is 16.8 Å². The third-order valence-corrected chi connectivity index (χ3v) is 3.69. The minimum atomic E-state index is 0.127. The first-order valence-corrected chi connectivity index (χ1v) is 7.45. The Morgan fingerprint density at radius 3 is 2.41 bits per heavy atom. The molecule has 0 saturated carbocycles. The van der Waals surface area contributed by atoms with E-state index in [1.807, 2.05) is 23.6 Å². The topological polar surface area (TPSA) is 39.9 Å². The van der Waals surface area contributed by atoms with Crippen molar-refractivity contribution in [1.29, 1.82) is 0 Å². The van der Waals surface area contributed by atoms with Gasteiger partial charge in [0.2, 0.25) is 0 Å². The van der Waals surface area contributed by atoms with E-state index in [2.05, 4.69) is 53.5 Å². The lowest BCUT2D eigenvalue weighted by atomic mass is 10.0.